The van der Waals surface area contributed by atoms with Gasteiger partial charge in [0.1, 0.15) is 0 Å². The lowest BCUT2D eigenvalue weighted by Gasteiger charge is -2.28. The molecule has 210 valence electrons. The quantitative estimate of drug-likeness (QED) is 0.298. The van der Waals surface area contributed by atoms with Crippen molar-refractivity contribution in [3.8, 4) is 23.0 Å². The summed E-state index contributed by atoms with van der Waals surface area (Å²) < 4.78 is 21.9. The third-order valence-electron chi connectivity index (χ3n) is 6.22. The van der Waals surface area contributed by atoms with Crippen LogP contribution in [0.25, 0.3) is 0 Å². The molecular formula is C30H42O8. The predicted molar refractivity (Wildman–Crippen MR) is 145 cm³/mol. The molecule has 0 unspecified atom stereocenters. The van der Waals surface area contributed by atoms with Crippen LogP contribution in [-0.4, -0.2) is 49.6 Å². The van der Waals surface area contributed by atoms with Crippen molar-refractivity contribution in [3.63, 3.8) is 0 Å². The van der Waals surface area contributed by atoms with Crippen LogP contribution in [0.2, 0.25) is 0 Å². The van der Waals surface area contributed by atoms with Crippen LogP contribution < -0.4 is 9.47 Å². The average Bonchev–Trinajstić information content (AvgIpc) is 2.85. The summed E-state index contributed by atoms with van der Waals surface area (Å²) in [5.41, 5.74) is 1.76. The van der Waals surface area contributed by atoms with Crippen LogP contribution in [0, 0.1) is 23.7 Å². The van der Waals surface area contributed by atoms with Gasteiger partial charge in [-0.15, -0.1) is 0 Å². The number of rotatable bonds is 15. The molecule has 0 aliphatic heterocycles. The summed E-state index contributed by atoms with van der Waals surface area (Å²) in [5.74, 6) is 0.101. The molecule has 0 aliphatic carbocycles. The Kier molecular flexibility index (Phi) is 12.2. The molecule has 0 heterocycles. The third kappa shape index (κ3) is 10.1. The van der Waals surface area contributed by atoms with Crippen molar-refractivity contribution in [1.29, 1.82) is 0 Å². The Morgan fingerprint density at radius 3 is 1.37 bits per heavy atom. The minimum Gasteiger partial charge on any atom is -0.504 e. The van der Waals surface area contributed by atoms with Gasteiger partial charge in [-0.3, -0.25) is 9.59 Å². The summed E-state index contributed by atoms with van der Waals surface area (Å²) >= 11 is 0. The smallest absolute Gasteiger partial charge is 0.306 e. The predicted octanol–water partition coefficient (Wildman–Crippen LogP) is 5.31. The summed E-state index contributed by atoms with van der Waals surface area (Å²) in [6.07, 6.45) is 1.60. The summed E-state index contributed by atoms with van der Waals surface area (Å²) in [7, 11) is 2.97. The summed E-state index contributed by atoms with van der Waals surface area (Å²) in [5, 5.41) is 20.1. The second kappa shape index (κ2) is 15.1. The molecule has 8 heteroatoms. The molecule has 2 atom stereocenters. The number of aromatic hydroxyl groups is 2. The molecule has 2 N–H and O–H groups in total. The number of hydrogen-bond donors (Lipinski definition) is 2. The zero-order chi connectivity index (χ0) is 28.2. The Balaban J connectivity index is 2.38. The van der Waals surface area contributed by atoms with E-state index in [1.54, 1.807) is 36.4 Å². The number of hydrogen-bond acceptors (Lipinski definition) is 8. The van der Waals surface area contributed by atoms with Crippen LogP contribution in [0.3, 0.4) is 0 Å². The first-order valence-electron chi connectivity index (χ1n) is 13.0. The van der Waals surface area contributed by atoms with Crippen LogP contribution >= 0.6 is 0 Å². The van der Waals surface area contributed by atoms with Crippen molar-refractivity contribution in [1.82, 2.24) is 0 Å². The summed E-state index contributed by atoms with van der Waals surface area (Å²) in [6.45, 7) is 8.09. The third-order valence-corrected chi connectivity index (χ3v) is 6.22. The number of benzene rings is 2. The largest absolute Gasteiger partial charge is 0.504 e. The van der Waals surface area contributed by atoms with Gasteiger partial charge in [-0.25, -0.2) is 0 Å². The first-order chi connectivity index (χ1) is 18.0. The molecule has 0 aliphatic rings. The topological polar surface area (TPSA) is 112 Å². The number of carbonyl (C=O) groups excluding carboxylic acids is 2. The molecule has 0 spiro atoms. The highest BCUT2D eigenvalue weighted by Gasteiger charge is 2.27. The van der Waals surface area contributed by atoms with Gasteiger partial charge in [-0.2, -0.15) is 0 Å². The molecule has 0 amide bonds. The Hall–Kier alpha value is -3.42. The van der Waals surface area contributed by atoms with Crippen LogP contribution in [0.5, 0.6) is 23.0 Å². The van der Waals surface area contributed by atoms with Crippen molar-refractivity contribution in [2.24, 2.45) is 23.7 Å². The minimum absolute atomic E-state index is 0.0338. The maximum absolute atomic E-state index is 12.4. The number of phenolic OH excluding ortho intramolecular Hbond substituents is 2. The summed E-state index contributed by atoms with van der Waals surface area (Å²) in [6, 6.07) is 10.2. The van der Waals surface area contributed by atoms with Gasteiger partial charge in [0.15, 0.2) is 23.0 Å². The highest BCUT2D eigenvalue weighted by atomic mass is 16.5. The second-order valence-electron chi connectivity index (χ2n) is 10.5. The van der Waals surface area contributed by atoms with Crippen molar-refractivity contribution < 1.29 is 38.7 Å². The van der Waals surface area contributed by atoms with Crippen LogP contribution in [0.15, 0.2) is 36.4 Å². The van der Waals surface area contributed by atoms with E-state index in [0.717, 1.165) is 11.1 Å². The van der Waals surface area contributed by atoms with E-state index < -0.39 is 0 Å². The van der Waals surface area contributed by atoms with E-state index in [2.05, 4.69) is 0 Å². The lowest BCUT2D eigenvalue weighted by atomic mass is 9.83. The molecule has 38 heavy (non-hydrogen) atoms. The van der Waals surface area contributed by atoms with Gasteiger partial charge in [0.2, 0.25) is 0 Å². The number of ether oxygens (including phenoxy) is 4. The molecule has 0 saturated carbocycles. The lowest BCUT2D eigenvalue weighted by molar-refractivity contribution is -0.150. The van der Waals surface area contributed by atoms with Gasteiger partial charge >= 0.3 is 11.9 Å². The minimum atomic E-state index is -0.282. The lowest BCUT2D eigenvalue weighted by Crippen LogP contribution is -2.30. The molecule has 0 bridgehead atoms. The van der Waals surface area contributed by atoms with E-state index in [1.165, 1.54) is 14.2 Å². The highest BCUT2D eigenvalue weighted by molar-refractivity contribution is 5.70. The Morgan fingerprint density at radius 2 is 1.05 bits per heavy atom. The van der Waals surface area contributed by atoms with Gasteiger partial charge in [-0.05, 0) is 60.1 Å². The van der Waals surface area contributed by atoms with Crippen molar-refractivity contribution in [3.05, 3.63) is 47.5 Å². The molecule has 0 radical (unpaired) electrons. The standard InChI is InChI=1S/C30H42O8/c1-19(2)11-29(33)37-17-23(13-21-7-9-25(31)27(15-21)35-5)24(18-38-30(34)12-20(3)4)14-22-8-10-26(32)28(16-22)36-6/h7-10,15-16,19-20,23-24,31-32H,11-14,17-18H2,1-6H3/t23-,24+. The van der Waals surface area contributed by atoms with Crippen LogP contribution in [0.4, 0.5) is 0 Å². The van der Waals surface area contributed by atoms with Gasteiger partial charge in [0, 0.05) is 24.7 Å². The van der Waals surface area contributed by atoms with E-state index in [4.69, 9.17) is 18.9 Å². The number of phenols is 2. The SMILES string of the molecule is COc1cc(C[C@@H](COC(=O)CC(C)C)[C@@H](COC(=O)CC(C)C)Cc2ccc(O)c(OC)c2)ccc1O. The molecule has 0 saturated heterocycles. The highest BCUT2D eigenvalue weighted by Crippen LogP contribution is 2.32. The Labute approximate surface area is 225 Å². The zero-order valence-electron chi connectivity index (χ0n) is 23.4. The van der Waals surface area contributed by atoms with Crippen molar-refractivity contribution in [2.75, 3.05) is 27.4 Å². The van der Waals surface area contributed by atoms with Gasteiger partial charge in [-0.1, -0.05) is 39.8 Å². The van der Waals surface area contributed by atoms with Gasteiger partial charge < -0.3 is 29.2 Å². The molecule has 0 fully saturated rings. The zero-order valence-corrected chi connectivity index (χ0v) is 23.4. The fraction of sp³-hybridized carbons (Fsp3) is 0.533. The molecule has 2 aromatic carbocycles. The first kappa shape index (κ1) is 30.8. The molecule has 2 rings (SSSR count). The van der Waals surface area contributed by atoms with E-state index in [-0.39, 0.29) is 60.3 Å². The maximum Gasteiger partial charge on any atom is 0.306 e. The summed E-state index contributed by atoms with van der Waals surface area (Å²) in [4.78, 5) is 24.9. The number of esters is 2. The average molecular weight is 531 g/mol. The number of carbonyl (C=O) groups is 2. The fourth-order valence-electron chi connectivity index (χ4n) is 4.21. The van der Waals surface area contributed by atoms with Crippen molar-refractivity contribution >= 4 is 11.9 Å². The molecule has 0 aromatic heterocycles. The molecule has 8 nitrogen and oxygen atoms in total. The van der Waals surface area contributed by atoms with Crippen molar-refractivity contribution in [2.45, 2.75) is 53.4 Å². The second-order valence-corrected chi connectivity index (χ2v) is 10.5. The number of methoxy groups -OCH3 is 2. The van der Waals surface area contributed by atoms with Crippen LogP contribution in [0.1, 0.15) is 51.7 Å². The molecule has 2 aromatic rings. The monoisotopic (exact) mass is 530 g/mol. The molecular weight excluding hydrogens is 488 g/mol. The van der Waals surface area contributed by atoms with Gasteiger partial charge in [0.05, 0.1) is 27.4 Å². The van der Waals surface area contributed by atoms with E-state index in [9.17, 15) is 19.8 Å². The van der Waals surface area contributed by atoms with Gasteiger partial charge in [0.25, 0.3) is 0 Å². The van der Waals surface area contributed by atoms with E-state index in [1.807, 2.05) is 27.7 Å². The van der Waals surface area contributed by atoms with E-state index in [0.29, 0.717) is 37.2 Å². The Morgan fingerprint density at radius 1 is 0.684 bits per heavy atom. The Bertz CT molecular complexity index is 963. The van der Waals surface area contributed by atoms with Crippen LogP contribution in [-0.2, 0) is 31.9 Å². The fourth-order valence-corrected chi connectivity index (χ4v) is 4.21. The van der Waals surface area contributed by atoms with E-state index >= 15 is 0 Å². The first-order valence-corrected chi connectivity index (χ1v) is 13.0. The maximum atomic E-state index is 12.4. The normalized spacial score (nSPS) is 12.7.